The second kappa shape index (κ2) is 4.93. The smallest absolute Gasteiger partial charge is 0.335 e. The van der Waals surface area contributed by atoms with Crippen LogP contribution in [-0.4, -0.2) is 31.3 Å². The first-order chi connectivity index (χ1) is 9.74. The van der Waals surface area contributed by atoms with Crippen molar-refractivity contribution in [3.8, 4) is 17.1 Å². The maximum atomic E-state index is 10.9. The van der Waals surface area contributed by atoms with E-state index in [2.05, 4.69) is 15.4 Å². The Balaban J connectivity index is 1.98. The van der Waals surface area contributed by atoms with Gasteiger partial charge in [0.25, 0.3) is 0 Å². The van der Waals surface area contributed by atoms with Crippen LogP contribution >= 0.6 is 0 Å². The summed E-state index contributed by atoms with van der Waals surface area (Å²) in [5, 5.41) is 21.1. The van der Waals surface area contributed by atoms with E-state index in [4.69, 9.17) is 5.11 Å². The van der Waals surface area contributed by atoms with Gasteiger partial charge in [-0.25, -0.2) is 4.79 Å². The molecule has 0 aliphatic carbocycles. The van der Waals surface area contributed by atoms with E-state index in [9.17, 15) is 4.79 Å². The molecule has 98 valence electrons. The van der Waals surface area contributed by atoms with Crippen LogP contribution in [0.2, 0.25) is 0 Å². The molecular formula is C14H10N4O2. The number of carboxylic acids is 1. The van der Waals surface area contributed by atoms with Crippen LogP contribution in [0.15, 0.2) is 54.6 Å². The molecule has 6 nitrogen and oxygen atoms in total. The predicted octanol–water partition coefficient (Wildman–Crippen LogP) is 2.03. The zero-order valence-electron chi connectivity index (χ0n) is 10.3. The van der Waals surface area contributed by atoms with Gasteiger partial charge in [0.2, 0.25) is 5.82 Å². The molecule has 2 aromatic carbocycles. The predicted molar refractivity (Wildman–Crippen MR) is 71.5 cm³/mol. The van der Waals surface area contributed by atoms with Crippen molar-refractivity contribution < 1.29 is 9.90 Å². The van der Waals surface area contributed by atoms with E-state index in [1.54, 1.807) is 12.1 Å². The van der Waals surface area contributed by atoms with Gasteiger partial charge in [0.05, 0.1) is 11.3 Å². The summed E-state index contributed by atoms with van der Waals surface area (Å²) in [4.78, 5) is 12.3. The lowest BCUT2D eigenvalue weighted by Gasteiger charge is -1.99. The zero-order chi connectivity index (χ0) is 13.9. The van der Waals surface area contributed by atoms with Crippen molar-refractivity contribution in [1.29, 1.82) is 0 Å². The van der Waals surface area contributed by atoms with E-state index < -0.39 is 5.97 Å². The summed E-state index contributed by atoms with van der Waals surface area (Å²) in [5.74, 6) is -0.499. The van der Waals surface area contributed by atoms with Crippen molar-refractivity contribution in [2.45, 2.75) is 0 Å². The molecule has 3 rings (SSSR count). The number of aromatic nitrogens is 4. The number of carbonyl (C=O) groups is 1. The molecule has 3 aromatic rings. The van der Waals surface area contributed by atoms with Crippen molar-refractivity contribution in [2.24, 2.45) is 0 Å². The van der Waals surface area contributed by atoms with Gasteiger partial charge in [-0.3, -0.25) is 0 Å². The van der Waals surface area contributed by atoms with Crippen molar-refractivity contribution >= 4 is 5.97 Å². The first kappa shape index (κ1) is 12.0. The molecular weight excluding hydrogens is 256 g/mol. The molecule has 0 aliphatic rings. The van der Waals surface area contributed by atoms with Gasteiger partial charge in [-0.2, -0.15) is 0 Å². The van der Waals surface area contributed by atoms with Gasteiger partial charge in [-0.05, 0) is 23.4 Å². The molecule has 0 saturated carbocycles. The van der Waals surface area contributed by atoms with Crippen molar-refractivity contribution in [1.82, 2.24) is 20.2 Å². The van der Waals surface area contributed by atoms with E-state index in [0.717, 1.165) is 5.56 Å². The highest BCUT2D eigenvalue weighted by molar-refractivity contribution is 5.88. The molecule has 0 saturated heterocycles. The number of aromatic carboxylic acids is 1. The van der Waals surface area contributed by atoms with Crippen LogP contribution in [0.1, 0.15) is 10.4 Å². The minimum Gasteiger partial charge on any atom is -0.478 e. The summed E-state index contributed by atoms with van der Waals surface area (Å²) in [6, 6.07) is 15.8. The molecule has 0 unspecified atom stereocenters. The molecule has 0 bridgehead atoms. The number of nitrogens with zero attached hydrogens (tertiary/aromatic N) is 4. The van der Waals surface area contributed by atoms with E-state index in [1.165, 1.54) is 16.9 Å². The summed E-state index contributed by atoms with van der Waals surface area (Å²) >= 11 is 0. The second-order valence-corrected chi connectivity index (χ2v) is 4.12. The van der Waals surface area contributed by atoms with Gasteiger partial charge in [-0.1, -0.05) is 36.4 Å². The fraction of sp³-hybridized carbons (Fsp3) is 0. The molecule has 20 heavy (non-hydrogen) atoms. The summed E-state index contributed by atoms with van der Waals surface area (Å²) in [5.41, 5.74) is 1.59. The molecule has 1 heterocycles. The molecule has 0 aliphatic heterocycles. The summed E-state index contributed by atoms with van der Waals surface area (Å²) in [7, 11) is 0. The van der Waals surface area contributed by atoms with Gasteiger partial charge in [-0.15, -0.1) is 15.0 Å². The number of hydrogen-bond acceptors (Lipinski definition) is 4. The number of benzene rings is 2. The van der Waals surface area contributed by atoms with Crippen LogP contribution < -0.4 is 0 Å². The van der Waals surface area contributed by atoms with E-state index in [-0.39, 0.29) is 5.56 Å². The largest absolute Gasteiger partial charge is 0.478 e. The molecule has 6 heteroatoms. The van der Waals surface area contributed by atoms with Crippen LogP contribution in [0.4, 0.5) is 0 Å². The SMILES string of the molecule is O=C(O)c1cccc(-n2nnc(-c3ccccc3)n2)c1. The number of rotatable bonds is 3. The van der Waals surface area contributed by atoms with Crippen LogP contribution in [0.5, 0.6) is 0 Å². The van der Waals surface area contributed by atoms with Gasteiger partial charge in [0.15, 0.2) is 0 Å². The summed E-state index contributed by atoms with van der Waals surface area (Å²) in [6.45, 7) is 0. The third kappa shape index (κ3) is 2.26. The first-order valence-electron chi connectivity index (χ1n) is 5.93. The highest BCUT2D eigenvalue weighted by Gasteiger charge is 2.09. The quantitative estimate of drug-likeness (QED) is 0.784. The Morgan fingerprint density at radius 1 is 1.05 bits per heavy atom. The minimum absolute atomic E-state index is 0.182. The lowest BCUT2D eigenvalue weighted by atomic mass is 10.2. The molecule has 0 radical (unpaired) electrons. The minimum atomic E-state index is -0.991. The van der Waals surface area contributed by atoms with Crippen LogP contribution in [0.3, 0.4) is 0 Å². The molecule has 1 N–H and O–H groups in total. The van der Waals surface area contributed by atoms with Crippen LogP contribution in [0.25, 0.3) is 17.1 Å². The molecule has 0 amide bonds. The fourth-order valence-corrected chi connectivity index (χ4v) is 1.79. The average Bonchev–Trinajstić information content (AvgIpc) is 2.98. The van der Waals surface area contributed by atoms with Gasteiger partial charge in [0, 0.05) is 5.56 Å². The van der Waals surface area contributed by atoms with Crippen molar-refractivity contribution in [2.75, 3.05) is 0 Å². The van der Waals surface area contributed by atoms with Crippen LogP contribution in [-0.2, 0) is 0 Å². The molecule has 0 spiro atoms. The van der Waals surface area contributed by atoms with Crippen molar-refractivity contribution in [3.05, 3.63) is 60.2 Å². The lowest BCUT2D eigenvalue weighted by molar-refractivity contribution is 0.0697. The van der Waals surface area contributed by atoms with E-state index in [0.29, 0.717) is 11.5 Å². The fourth-order valence-electron chi connectivity index (χ4n) is 1.79. The summed E-state index contributed by atoms with van der Waals surface area (Å²) < 4.78 is 0. The standard InChI is InChI=1S/C14H10N4O2/c19-14(20)11-7-4-8-12(9-11)18-16-13(15-17-18)10-5-2-1-3-6-10/h1-9H,(H,19,20). The number of carboxylic acid groups (broad SMARTS) is 1. The molecule has 1 aromatic heterocycles. The summed E-state index contributed by atoms with van der Waals surface area (Å²) in [6.07, 6.45) is 0. The number of tetrazole rings is 1. The Morgan fingerprint density at radius 2 is 1.85 bits per heavy atom. The third-order valence-electron chi connectivity index (χ3n) is 2.77. The number of hydrogen-bond donors (Lipinski definition) is 1. The second-order valence-electron chi connectivity index (χ2n) is 4.12. The van der Waals surface area contributed by atoms with Gasteiger partial charge < -0.3 is 5.11 Å². The maximum absolute atomic E-state index is 10.9. The molecule has 0 fully saturated rings. The monoisotopic (exact) mass is 266 g/mol. The Kier molecular flexibility index (Phi) is 2.96. The Morgan fingerprint density at radius 3 is 2.60 bits per heavy atom. The van der Waals surface area contributed by atoms with Crippen LogP contribution in [0, 0.1) is 0 Å². The van der Waals surface area contributed by atoms with Gasteiger partial charge in [0.1, 0.15) is 0 Å². The normalized spacial score (nSPS) is 10.4. The Labute approximate surface area is 114 Å². The lowest BCUT2D eigenvalue weighted by Crippen LogP contribution is -2.02. The van der Waals surface area contributed by atoms with E-state index in [1.807, 2.05) is 30.3 Å². The highest BCUT2D eigenvalue weighted by Crippen LogP contribution is 2.14. The van der Waals surface area contributed by atoms with Crippen molar-refractivity contribution in [3.63, 3.8) is 0 Å². The third-order valence-corrected chi connectivity index (χ3v) is 2.77. The average molecular weight is 266 g/mol. The molecule has 0 atom stereocenters. The highest BCUT2D eigenvalue weighted by atomic mass is 16.4. The maximum Gasteiger partial charge on any atom is 0.335 e. The Bertz CT molecular complexity index is 753. The van der Waals surface area contributed by atoms with E-state index >= 15 is 0 Å². The Hall–Kier alpha value is -3.02. The topological polar surface area (TPSA) is 80.9 Å². The zero-order valence-corrected chi connectivity index (χ0v) is 10.3. The van der Waals surface area contributed by atoms with Gasteiger partial charge >= 0.3 is 5.97 Å². The first-order valence-corrected chi connectivity index (χ1v) is 5.93.